The van der Waals surface area contributed by atoms with E-state index < -0.39 is 0 Å². The van der Waals surface area contributed by atoms with Crippen LogP contribution in [0.5, 0.6) is 0 Å². The van der Waals surface area contributed by atoms with E-state index in [0.717, 1.165) is 0 Å². The van der Waals surface area contributed by atoms with Gasteiger partial charge in [0.05, 0.1) is 18.8 Å². The first-order chi connectivity index (χ1) is 7.56. The highest BCUT2D eigenvalue weighted by molar-refractivity contribution is 5.89. The Labute approximate surface area is 95.7 Å². The van der Waals surface area contributed by atoms with Gasteiger partial charge in [0, 0.05) is 18.2 Å². The molecule has 5 atom stereocenters. The summed E-state index contributed by atoms with van der Waals surface area (Å²) in [7, 11) is 1.39. The molecule has 1 aliphatic heterocycles. The van der Waals surface area contributed by atoms with Crippen LogP contribution in [0, 0.1) is 17.8 Å². The average molecular weight is 225 g/mol. The maximum Gasteiger partial charge on any atom is 0.335 e. The molecule has 1 fully saturated rings. The molecule has 4 heteroatoms. The zero-order valence-corrected chi connectivity index (χ0v) is 9.93. The van der Waals surface area contributed by atoms with Gasteiger partial charge in [-0.1, -0.05) is 6.92 Å². The van der Waals surface area contributed by atoms with Crippen molar-refractivity contribution in [2.24, 2.45) is 17.8 Å². The maximum atomic E-state index is 11.6. The molecule has 0 aromatic heterocycles. The molecule has 2 aliphatic rings. The van der Waals surface area contributed by atoms with E-state index in [4.69, 9.17) is 4.74 Å². The predicted octanol–water partition coefficient (Wildman–Crippen LogP) is 0.668. The molecule has 1 heterocycles. The number of hydrogen-bond acceptors (Lipinski definition) is 4. The molecule has 90 valence electrons. The number of fused-ring (bicyclic) bond motifs is 1. The lowest BCUT2D eigenvalue weighted by atomic mass is 9.78. The summed E-state index contributed by atoms with van der Waals surface area (Å²) >= 11 is 0. The smallest absolute Gasteiger partial charge is 0.335 e. The summed E-state index contributed by atoms with van der Waals surface area (Å²) in [6, 6.07) is 0.297. The van der Waals surface area contributed by atoms with Crippen LogP contribution in [0.1, 0.15) is 20.3 Å². The van der Waals surface area contributed by atoms with Crippen molar-refractivity contribution in [2.45, 2.75) is 32.4 Å². The van der Waals surface area contributed by atoms with Crippen molar-refractivity contribution in [2.75, 3.05) is 7.11 Å². The number of hydrogen-bond donors (Lipinski definition) is 2. The van der Waals surface area contributed by atoms with Gasteiger partial charge in [0.15, 0.2) is 0 Å². The molecular weight excluding hydrogens is 206 g/mol. The second kappa shape index (κ2) is 4.09. The van der Waals surface area contributed by atoms with Gasteiger partial charge in [-0.3, -0.25) is 0 Å². The van der Waals surface area contributed by atoms with Gasteiger partial charge in [-0.25, -0.2) is 4.79 Å². The summed E-state index contributed by atoms with van der Waals surface area (Å²) < 4.78 is 4.77. The highest BCUT2D eigenvalue weighted by Gasteiger charge is 2.47. The number of rotatable bonds is 1. The molecule has 0 unspecified atom stereocenters. The number of nitrogens with one attached hydrogen (secondary N) is 1. The third-order valence-electron chi connectivity index (χ3n) is 4.07. The van der Waals surface area contributed by atoms with Crippen molar-refractivity contribution in [3.63, 3.8) is 0 Å². The van der Waals surface area contributed by atoms with E-state index in [2.05, 4.69) is 12.2 Å². The zero-order valence-electron chi connectivity index (χ0n) is 9.93. The van der Waals surface area contributed by atoms with Crippen LogP contribution in [-0.2, 0) is 9.53 Å². The van der Waals surface area contributed by atoms with E-state index in [0.29, 0.717) is 24.0 Å². The molecule has 0 bridgehead atoms. The van der Waals surface area contributed by atoms with Crippen molar-refractivity contribution in [3.05, 3.63) is 11.8 Å². The second-order valence-corrected chi connectivity index (χ2v) is 4.89. The van der Waals surface area contributed by atoms with E-state index >= 15 is 0 Å². The Morgan fingerprint density at radius 3 is 2.88 bits per heavy atom. The molecule has 0 saturated heterocycles. The monoisotopic (exact) mass is 225 g/mol. The first-order valence-electron chi connectivity index (χ1n) is 5.78. The van der Waals surface area contributed by atoms with Gasteiger partial charge in [-0.2, -0.15) is 0 Å². The minimum absolute atomic E-state index is 0.133. The third-order valence-corrected chi connectivity index (χ3v) is 4.07. The van der Waals surface area contributed by atoms with Crippen molar-refractivity contribution >= 4 is 5.97 Å². The fourth-order valence-electron chi connectivity index (χ4n) is 3.16. The van der Waals surface area contributed by atoms with Gasteiger partial charge in [-0.15, -0.1) is 0 Å². The van der Waals surface area contributed by atoms with E-state index in [1.807, 2.05) is 6.92 Å². The molecule has 2 rings (SSSR count). The lowest BCUT2D eigenvalue weighted by Crippen LogP contribution is -2.42. The molecule has 1 aliphatic carbocycles. The SMILES string of the molecule is COC(=O)C1=CN[C@@H](C)[C@@H]2[C@@H](C)[C@@H](O)C[C@H]12. The quantitative estimate of drug-likeness (QED) is 0.644. The third kappa shape index (κ3) is 1.61. The fourth-order valence-corrected chi connectivity index (χ4v) is 3.16. The summed E-state index contributed by atoms with van der Waals surface area (Å²) in [5.41, 5.74) is 0.675. The molecule has 16 heavy (non-hydrogen) atoms. The molecule has 4 nitrogen and oxygen atoms in total. The van der Waals surface area contributed by atoms with E-state index in [1.165, 1.54) is 7.11 Å². The van der Waals surface area contributed by atoms with E-state index in [9.17, 15) is 9.90 Å². The van der Waals surface area contributed by atoms with Gasteiger partial charge in [0.25, 0.3) is 0 Å². The summed E-state index contributed by atoms with van der Waals surface area (Å²) in [5.74, 6) is 0.388. The number of aliphatic hydroxyl groups is 1. The summed E-state index contributed by atoms with van der Waals surface area (Å²) in [6.07, 6.45) is 2.10. The number of carbonyl (C=O) groups excluding carboxylic acids is 1. The summed E-state index contributed by atoms with van der Waals surface area (Å²) in [4.78, 5) is 11.6. The Balaban J connectivity index is 2.28. The highest BCUT2D eigenvalue weighted by atomic mass is 16.5. The lowest BCUT2D eigenvalue weighted by molar-refractivity contribution is -0.137. The largest absolute Gasteiger partial charge is 0.466 e. The zero-order chi connectivity index (χ0) is 11.9. The standard InChI is InChI=1S/C12H19NO3/c1-6-10(14)4-8-9(12(15)16-3)5-13-7(2)11(6)8/h5-8,10-11,13-14H,4H2,1-3H3/t6-,7-,8+,10-,11-/m0/s1. The van der Waals surface area contributed by atoms with Crippen molar-refractivity contribution in [3.8, 4) is 0 Å². The van der Waals surface area contributed by atoms with Crippen LogP contribution >= 0.6 is 0 Å². The minimum Gasteiger partial charge on any atom is -0.466 e. The Bertz CT molecular complexity index is 326. The highest BCUT2D eigenvalue weighted by Crippen LogP contribution is 2.44. The van der Waals surface area contributed by atoms with Gasteiger partial charge >= 0.3 is 5.97 Å². The van der Waals surface area contributed by atoms with Crippen LogP contribution in [0.4, 0.5) is 0 Å². The molecular formula is C12H19NO3. The Morgan fingerprint density at radius 2 is 2.25 bits per heavy atom. The number of carbonyl (C=O) groups is 1. The van der Waals surface area contributed by atoms with Gasteiger partial charge in [0.1, 0.15) is 0 Å². The van der Waals surface area contributed by atoms with Gasteiger partial charge in [-0.05, 0) is 25.2 Å². The van der Waals surface area contributed by atoms with Crippen LogP contribution < -0.4 is 5.32 Å². The molecule has 1 saturated carbocycles. The fraction of sp³-hybridized carbons (Fsp3) is 0.750. The lowest BCUT2D eigenvalue weighted by Gasteiger charge is -2.34. The summed E-state index contributed by atoms with van der Waals surface area (Å²) in [6.45, 7) is 4.14. The Kier molecular flexibility index (Phi) is 2.93. The maximum absolute atomic E-state index is 11.6. The van der Waals surface area contributed by atoms with Crippen LogP contribution in [-0.4, -0.2) is 30.3 Å². The molecule has 0 radical (unpaired) electrons. The van der Waals surface area contributed by atoms with E-state index in [-0.39, 0.29) is 23.9 Å². The van der Waals surface area contributed by atoms with Crippen LogP contribution in [0.15, 0.2) is 11.8 Å². The Morgan fingerprint density at radius 1 is 1.56 bits per heavy atom. The van der Waals surface area contributed by atoms with Crippen LogP contribution in [0.25, 0.3) is 0 Å². The minimum atomic E-state index is -0.314. The molecule has 2 N–H and O–H groups in total. The van der Waals surface area contributed by atoms with Crippen molar-refractivity contribution < 1.29 is 14.6 Å². The Hall–Kier alpha value is -1.03. The van der Waals surface area contributed by atoms with Crippen LogP contribution in [0.3, 0.4) is 0 Å². The number of ether oxygens (including phenoxy) is 1. The van der Waals surface area contributed by atoms with Crippen molar-refractivity contribution in [1.29, 1.82) is 0 Å². The first kappa shape index (κ1) is 11.5. The summed E-state index contributed by atoms with van der Waals surface area (Å²) in [5, 5.41) is 13.1. The second-order valence-electron chi connectivity index (χ2n) is 4.89. The molecule has 0 amide bonds. The normalized spacial score (nSPS) is 42.0. The van der Waals surface area contributed by atoms with Crippen molar-refractivity contribution in [1.82, 2.24) is 5.32 Å². The van der Waals surface area contributed by atoms with Gasteiger partial charge in [0.2, 0.25) is 0 Å². The number of methoxy groups -OCH3 is 1. The number of esters is 1. The molecule has 0 aromatic carbocycles. The topological polar surface area (TPSA) is 58.6 Å². The predicted molar refractivity (Wildman–Crippen MR) is 59.5 cm³/mol. The van der Waals surface area contributed by atoms with Crippen LogP contribution in [0.2, 0.25) is 0 Å². The first-order valence-corrected chi connectivity index (χ1v) is 5.78. The molecule has 0 aromatic rings. The number of aliphatic hydroxyl groups excluding tert-OH is 1. The molecule has 0 spiro atoms. The van der Waals surface area contributed by atoms with E-state index in [1.54, 1.807) is 6.20 Å². The van der Waals surface area contributed by atoms with Gasteiger partial charge < -0.3 is 15.2 Å². The average Bonchev–Trinajstić information content (AvgIpc) is 2.56.